The van der Waals surface area contributed by atoms with Gasteiger partial charge in [-0.15, -0.1) is 0 Å². The zero-order valence-corrected chi connectivity index (χ0v) is 10.7. The van der Waals surface area contributed by atoms with Crippen molar-refractivity contribution in [1.82, 2.24) is 5.32 Å². The number of rotatable bonds is 4. The molecule has 0 saturated heterocycles. The van der Waals surface area contributed by atoms with Gasteiger partial charge in [-0.3, -0.25) is 4.79 Å². The summed E-state index contributed by atoms with van der Waals surface area (Å²) in [6.45, 7) is 4.07. The third kappa shape index (κ3) is 3.91. The molecule has 0 aromatic rings. The number of oxime groups is 1. The predicted molar refractivity (Wildman–Crippen MR) is 66.8 cm³/mol. The molecule has 1 aliphatic rings. The second-order valence-electron chi connectivity index (χ2n) is 5.42. The summed E-state index contributed by atoms with van der Waals surface area (Å²) in [6.07, 6.45) is 5.48. The van der Waals surface area contributed by atoms with Crippen LogP contribution in [0.5, 0.6) is 0 Å². The molecule has 4 N–H and O–H groups in total. The number of carbonyl (C=O) groups is 1. The fraction of sp³-hybridized carbons (Fsp3) is 0.833. The number of nitrogens with two attached hydrogens (primary N) is 1. The summed E-state index contributed by atoms with van der Waals surface area (Å²) < 4.78 is 0. The maximum absolute atomic E-state index is 11.9. The summed E-state index contributed by atoms with van der Waals surface area (Å²) in [5, 5.41) is 14.5. The highest BCUT2D eigenvalue weighted by molar-refractivity contribution is 5.86. The highest BCUT2D eigenvalue weighted by atomic mass is 16.4. The summed E-state index contributed by atoms with van der Waals surface area (Å²) in [5.74, 6) is 0.386. The third-order valence-electron chi connectivity index (χ3n) is 3.48. The summed E-state index contributed by atoms with van der Waals surface area (Å²) >= 11 is 0. The number of hydrogen-bond donors (Lipinski definition) is 3. The van der Waals surface area contributed by atoms with Crippen LogP contribution in [-0.2, 0) is 4.79 Å². The molecule has 0 heterocycles. The Morgan fingerprint density at radius 3 is 2.53 bits per heavy atom. The van der Waals surface area contributed by atoms with Crippen LogP contribution in [0.1, 0.15) is 46.0 Å². The minimum atomic E-state index is -0.515. The molecule has 0 unspecified atom stereocenters. The fourth-order valence-electron chi connectivity index (χ4n) is 2.04. The summed E-state index contributed by atoms with van der Waals surface area (Å²) in [4.78, 5) is 11.9. The summed E-state index contributed by atoms with van der Waals surface area (Å²) in [7, 11) is 0. The predicted octanol–water partition coefficient (Wildman–Crippen LogP) is 1.46. The Morgan fingerprint density at radius 1 is 1.41 bits per heavy atom. The molecule has 1 saturated carbocycles. The van der Waals surface area contributed by atoms with Gasteiger partial charge in [0.2, 0.25) is 5.91 Å². The van der Waals surface area contributed by atoms with Crippen LogP contribution < -0.4 is 11.1 Å². The number of nitrogens with one attached hydrogen (secondary N) is 1. The van der Waals surface area contributed by atoms with Gasteiger partial charge >= 0.3 is 0 Å². The maximum Gasteiger partial charge on any atom is 0.223 e. The van der Waals surface area contributed by atoms with E-state index in [2.05, 4.69) is 10.5 Å². The van der Waals surface area contributed by atoms with Crippen LogP contribution >= 0.6 is 0 Å². The Labute approximate surface area is 102 Å². The quantitative estimate of drug-likeness (QED) is 0.301. The van der Waals surface area contributed by atoms with Crippen LogP contribution in [0, 0.1) is 11.3 Å². The first-order valence-electron chi connectivity index (χ1n) is 6.23. The molecule has 0 radical (unpaired) electrons. The number of amides is 1. The van der Waals surface area contributed by atoms with E-state index >= 15 is 0 Å². The molecule has 0 aromatic heterocycles. The van der Waals surface area contributed by atoms with Crippen molar-refractivity contribution in [3.63, 3.8) is 0 Å². The molecule has 0 aromatic carbocycles. The minimum absolute atomic E-state index is 0.100. The first kappa shape index (κ1) is 13.8. The lowest BCUT2D eigenvalue weighted by Crippen LogP contribution is -2.44. The Balaban J connectivity index is 2.41. The average Bonchev–Trinajstić information content (AvgIpc) is 2.36. The average molecular weight is 241 g/mol. The van der Waals surface area contributed by atoms with Gasteiger partial charge < -0.3 is 16.3 Å². The smallest absolute Gasteiger partial charge is 0.223 e. The zero-order valence-electron chi connectivity index (χ0n) is 10.7. The molecule has 1 rings (SSSR count). The number of amidine groups is 1. The van der Waals surface area contributed by atoms with E-state index in [9.17, 15) is 4.79 Å². The number of nitrogens with zero attached hydrogens (tertiary/aromatic N) is 1. The van der Waals surface area contributed by atoms with Crippen LogP contribution in [0.25, 0.3) is 0 Å². The largest absolute Gasteiger partial charge is 0.409 e. The Morgan fingerprint density at radius 2 is 2.00 bits per heavy atom. The van der Waals surface area contributed by atoms with E-state index in [0.29, 0.717) is 6.54 Å². The van der Waals surface area contributed by atoms with Crippen LogP contribution in [0.4, 0.5) is 0 Å². The first-order valence-corrected chi connectivity index (χ1v) is 6.23. The Kier molecular flexibility index (Phi) is 4.78. The van der Waals surface area contributed by atoms with Crippen molar-refractivity contribution in [2.24, 2.45) is 22.2 Å². The van der Waals surface area contributed by atoms with Gasteiger partial charge in [-0.05, 0) is 12.8 Å². The van der Waals surface area contributed by atoms with Gasteiger partial charge in [-0.25, -0.2) is 0 Å². The van der Waals surface area contributed by atoms with Crippen LogP contribution in [0.15, 0.2) is 5.16 Å². The van der Waals surface area contributed by atoms with E-state index in [4.69, 9.17) is 10.9 Å². The molecule has 5 heteroatoms. The summed E-state index contributed by atoms with van der Waals surface area (Å²) in [6, 6.07) is 0. The molecule has 0 spiro atoms. The number of carbonyl (C=O) groups excluding carboxylic acids is 1. The molecule has 1 aliphatic carbocycles. The molecule has 0 bridgehead atoms. The second-order valence-corrected chi connectivity index (χ2v) is 5.42. The van der Waals surface area contributed by atoms with Crippen molar-refractivity contribution in [3.05, 3.63) is 0 Å². The van der Waals surface area contributed by atoms with E-state index in [-0.39, 0.29) is 17.7 Å². The number of hydrogen-bond acceptors (Lipinski definition) is 3. The van der Waals surface area contributed by atoms with E-state index in [0.717, 1.165) is 25.7 Å². The van der Waals surface area contributed by atoms with Crippen LogP contribution in [-0.4, -0.2) is 23.5 Å². The topological polar surface area (TPSA) is 87.7 Å². The van der Waals surface area contributed by atoms with E-state index in [1.54, 1.807) is 0 Å². The lowest BCUT2D eigenvalue weighted by molar-refractivity contribution is -0.126. The second kappa shape index (κ2) is 5.89. The lowest BCUT2D eigenvalue weighted by atomic mass is 9.87. The van der Waals surface area contributed by atoms with Gasteiger partial charge in [0.1, 0.15) is 5.84 Å². The maximum atomic E-state index is 11.9. The fourth-order valence-corrected chi connectivity index (χ4v) is 2.04. The van der Waals surface area contributed by atoms with Gasteiger partial charge in [-0.1, -0.05) is 38.3 Å². The molecule has 0 aliphatic heterocycles. The van der Waals surface area contributed by atoms with Crippen molar-refractivity contribution in [1.29, 1.82) is 0 Å². The molecular weight excluding hydrogens is 218 g/mol. The van der Waals surface area contributed by atoms with Crippen molar-refractivity contribution in [2.75, 3.05) is 6.54 Å². The Bertz CT molecular complexity index is 294. The molecule has 1 amide bonds. The normalized spacial score (nSPS) is 19.1. The molecule has 0 atom stereocenters. The highest BCUT2D eigenvalue weighted by Crippen LogP contribution is 2.24. The van der Waals surface area contributed by atoms with Gasteiger partial charge in [0.25, 0.3) is 0 Å². The van der Waals surface area contributed by atoms with Crippen LogP contribution in [0.2, 0.25) is 0 Å². The van der Waals surface area contributed by atoms with Gasteiger partial charge in [0, 0.05) is 17.9 Å². The molecular formula is C12H23N3O2. The molecule has 5 nitrogen and oxygen atoms in total. The molecule has 1 fully saturated rings. The molecule has 98 valence electrons. The van der Waals surface area contributed by atoms with E-state index in [1.165, 1.54) is 6.42 Å². The van der Waals surface area contributed by atoms with E-state index in [1.807, 2.05) is 13.8 Å². The van der Waals surface area contributed by atoms with Crippen molar-refractivity contribution >= 4 is 11.7 Å². The standard InChI is InChI=1S/C12H23N3O2/c1-12(2,11(13)15-17)8-14-10(16)9-6-4-3-5-7-9/h9,17H,3-8H2,1-2H3,(H2,13,15)(H,14,16). The Hall–Kier alpha value is -1.26. The third-order valence-corrected chi connectivity index (χ3v) is 3.48. The molecule has 17 heavy (non-hydrogen) atoms. The van der Waals surface area contributed by atoms with Gasteiger partial charge in [0.05, 0.1) is 0 Å². The van der Waals surface area contributed by atoms with Gasteiger partial charge in [-0.2, -0.15) is 0 Å². The van der Waals surface area contributed by atoms with Crippen molar-refractivity contribution in [2.45, 2.75) is 46.0 Å². The zero-order chi connectivity index (χ0) is 12.9. The highest BCUT2D eigenvalue weighted by Gasteiger charge is 2.27. The van der Waals surface area contributed by atoms with Crippen molar-refractivity contribution in [3.8, 4) is 0 Å². The van der Waals surface area contributed by atoms with Crippen molar-refractivity contribution < 1.29 is 10.0 Å². The minimum Gasteiger partial charge on any atom is -0.409 e. The lowest BCUT2D eigenvalue weighted by Gasteiger charge is -2.26. The van der Waals surface area contributed by atoms with Crippen LogP contribution in [0.3, 0.4) is 0 Å². The summed E-state index contributed by atoms with van der Waals surface area (Å²) in [5.41, 5.74) is 5.05. The SMILES string of the molecule is CC(C)(CNC(=O)C1CCCCC1)C(N)=NO. The van der Waals surface area contributed by atoms with E-state index < -0.39 is 5.41 Å². The van der Waals surface area contributed by atoms with Gasteiger partial charge in [0.15, 0.2) is 0 Å². The monoisotopic (exact) mass is 241 g/mol. The first-order chi connectivity index (χ1) is 7.97.